The van der Waals surface area contributed by atoms with Crippen molar-refractivity contribution in [2.45, 2.75) is 6.42 Å². The van der Waals surface area contributed by atoms with E-state index in [0.29, 0.717) is 24.5 Å². The van der Waals surface area contributed by atoms with Gasteiger partial charge in [0.05, 0.1) is 7.11 Å². The maximum absolute atomic E-state index is 12.7. The third-order valence-corrected chi connectivity index (χ3v) is 3.24. The number of nitrogens with zero attached hydrogens (tertiary/aromatic N) is 3. The molecule has 0 saturated heterocycles. The summed E-state index contributed by atoms with van der Waals surface area (Å²) in [6.45, 7) is 1.08. The second kappa shape index (κ2) is 6.90. The minimum Gasteiger partial charge on any atom is -0.497 e. The highest BCUT2D eigenvalue weighted by atomic mass is 16.5. The van der Waals surface area contributed by atoms with Crippen LogP contribution in [0.2, 0.25) is 0 Å². The molecule has 112 valence electrons. The number of amides is 1. The lowest BCUT2D eigenvalue weighted by Gasteiger charge is -2.23. The highest BCUT2D eigenvalue weighted by Crippen LogP contribution is 2.22. The van der Waals surface area contributed by atoms with Gasteiger partial charge in [0.15, 0.2) is 0 Å². The van der Waals surface area contributed by atoms with Crippen LogP contribution in [0.15, 0.2) is 36.5 Å². The van der Waals surface area contributed by atoms with E-state index < -0.39 is 0 Å². The van der Waals surface area contributed by atoms with E-state index in [0.717, 1.165) is 12.1 Å². The van der Waals surface area contributed by atoms with Gasteiger partial charge in [0.2, 0.25) is 0 Å². The molecule has 0 atom stereocenters. The molecular formula is C15H20N4O2. The molecule has 1 aromatic heterocycles. The Hall–Kier alpha value is -2.34. The average Bonchev–Trinajstić information content (AvgIpc) is 2.94. The first-order chi connectivity index (χ1) is 10.2. The number of hydrogen-bond donors (Lipinski definition) is 1. The molecule has 0 saturated carbocycles. The Kier molecular flexibility index (Phi) is 4.94. The van der Waals surface area contributed by atoms with E-state index in [-0.39, 0.29) is 5.91 Å². The number of hydrogen-bond acceptors (Lipinski definition) is 4. The highest BCUT2D eigenvalue weighted by molar-refractivity contribution is 6.05. The molecular weight excluding hydrogens is 268 g/mol. The molecule has 0 aliphatic heterocycles. The first-order valence-electron chi connectivity index (χ1n) is 6.81. The molecule has 0 spiro atoms. The monoisotopic (exact) mass is 288 g/mol. The topological polar surface area (TPSA) is 73.4 Å². The Morgan fingerprint density at radius 2 is 2.24 bits per heavy atom. The molecule has 0 radical (unpaired) electrons. The largest absolute Gasteiger partial charge is 0.497 e. The molecule has 1 amide bonds. The van der Waals surface area contributed by atoms with E-state index in [4.69, 9.17) is 10.5 Å². The summed E-state index contributed by atoms with van der Waals surface area (Å²) in [6, 6.07) is 9.13. The smallest absolute Gasteiger partial charge is 0.276 e. The van der Waals surface area contributed by atoms with Gasteiger partial charge in [-0.15, -0.1) is 0 Å². The van der Waals surface area contributed by atoms with E-state index in [1.165, 1.54) is 0 Å². The molecule has 2 rings (SSSR count). The van der Waals surface area contributed by atoms with E-state index >= 15 is 0 Å². The standard InChI is InChI=1S/C15H20N4O2/c1-18-14(7-9-17-18)15(20)19(10-4-8-16)12-5-3-6-13(11-12)21-2/h3,5-7,9,11H,4,8,10,16H2,1-2H3. The maximum atomic E-state index is 12.7. The Labute approximate surface area is 124 Å². The number of rotatable bonds is 6. The predicted octanol–water partition coefficient (Wildman–Crippen LogP) is 1.42. The molecule has 1 aromatic carbocycles. The summed E-state index contributed by atoms with van der Waals surface area (Å²) < 4.78 is 6.79. The molecule has 1 heterocycles. The maximum Gasteiger partial charge on any atom is 0.276 e. The van der Waals surface area contributed by atoms with Crippen molar-refractivity contribution in [3.8, 4) is 5.75 Å². The van der Waals surface area contributed by atoms with Gasteiger partial charge in [-0.25, -0.2) is 0 Å². The molecule has 0 aliphatic carbocycles. The van der Waals surface area contributed by atoms with E-state index in [1.807, 2.05) is 24.3 Å². The van der Waals surface area contributed by atoms with Gasteiger partial charge >= 0.3 is 0 Å². The van der Waals surface area contributed by atoms with Crippen molar-refractivity contribution in [3.63, 3.8) is 0 Å². The van der Waals surface area contributed by atoms with Crippen molar-refractivity contribution in [1.82, 2.24) is 9.78 Å². The van der Waals surface area contributed by atoms with Crippen LogP contribution in [0.3, 0.4) is 0 Å². The number of ether oxygens (including phenoxy) is 1. The van der Waals surface area contributed by atoms with E-state index in [9.17, 15) is 4.79 Å². The third-order valence-electron chi connectivity index (χ3n) is 3.24. The van der Waals surface area contributed by atoms with Crippen LogP contribution in [0, 0.1) is 0 Å². The van der Waals surface area contributed by atoms with Gasteiger partial charge in [-0.05, 0) is 31.2 Å². The van der Waals surface area contributed by atoms with Crippen molar-refractivity contribution in [2.24, 2.45) is 12.8 Å². The number of carbonyl (C=O) groups excluding carboxylic acids is 1. The number of aryl methyl sites for hydroxylation is 1. The summed E-state index contributed by atoms with van der Waals surface area (Å²) >= 11 is 0. The van der Waals surface area contributed by atoms with Crippen LogP contribution in [0.1, 0.15) is 16.9 Å². The van der Waals surface area contributed by atoms with Crippen molar-refractivity contribution in [2.75, 3.05) is 25.1 Å². The Morgan fingerprint density at radius 1 is 1.43 bits per heavy atom. The number of methoxy groups -OCH3 is 1. The van der Waals surface area contributed by atoms with Crippen LogP contribution >= 0.6 is 0 Å². The summed E-state index contributed by atoms with van der Waals surface area (Å²) in [4.78, 5) is 14.4. The van der Waals surface area contributed by atoms with Crippen molar-refractivity contribution in [1.29, 1.82) is 0 Å². The molecule has 0 fully saturated rings. The SMILES string of the molecule is COc1cccc(N(CCCN)C(=O)c2ccnn2C)c1. The van der Waals surface area contributed by atoms with Gasteiger partial charge in [-0.2, -0.15) is 5.10 Å². The molecule has 2 N–H and O–H groups in total. The van der Waals surface area contributed by atoms with Crippen LogP contribution in [0.5, 0.6) is 5.75 Å². The fourth-order valence-electron chi connectivity index (χ4n) is 2.10. The fraction of sp³-hybridized carbons (Fsp3) is 0.333. The zero-order valence-corrected chi connectivity index (χ0v) is 12.3. The highest BCUT2D eigenvalue weighted by Gasteiger charge is 2.20. The quantitative estimate of drug-likeness (QED) is 0.872. The van der Waals surface area contributed by atoms with Gasteiger partial charge in [0.25, 0.3) is 5.91 Å². The first kappa shape index (κ1) is 15.1. The van der Waals surface area contributed by atoms with Crippen LogP contribution in [0.25, 0.3) is 0 Å². The van der Waals surface area contributed by atoms with Gasteiger partial charge in [-0.3, -0.25) is 9.48 Å². The minimum absolute atomic E-state index is 0.100. The summed E-state index contributed by atoms with van der Waals surface area (Å²) in [5, 5.41) is 4.05. The Balaban J connectivity index is 2.33. The number of aromatic nitrogens is 2. The predicted molar refractivity (Wildman–Crippen MR) is 81.5 cm³/mol. The van der Waals surface area contributed by atoms with Crippen molar-refractivity contribution >= 4 is 11.6 Å². The Bertz CT molecular complexity index is 609. The van der Waals surface area contributed by atoms with Crippen LogP contribution < -0.4 is 15.4 Å². The van der Waals surface area contributed by atoms with Gasteiger partial charge < -0.3 is 15.4 Å². The normalized spacial score (nSPS) is 10.4. The number of nitrogens with two attached hydrogens (primary N) is 1. The lowest BCUT2D eigenvalue weighted by molar-refractivity contribution is 0.0977. The van der Waals surface area contributed by atoms with Crippen molar-refractivity contribution in [3.05, 3.63) is 42.2 Å². The molecule has 6 heteroatoms. The second-order valence-corrected chi connectivity index (χ2v) is 4.64. The average molecular weight is 288 g/mol. The van der Waals surface area contributed by atoms with Gasteiger partial charge in [0, 0.05) is 31.5 Å². The summed E-state index contributed by atoms with van der Waals surface area (Å²) in [5.74, 6) is 0.611. The van der Waals surface area contributed by atoms with Gasteiger partial charge in [-0.1, -0.05) is 6.07 Å². The number of benzene rings is 1. The lowest BCUT2D eigenvalue weighted by Crippen LogP contribution is -2.34. The first-order valence-corrected chi connectivity index (χ1v) is 6.81. The molecule has 6 nitrogen and oxygen atoms in total. The van der Waals surface area contributed by atoms with E-state index in [1.54, 1.807) is 36.0 Å². The minimum atomic E-state index is -0.100. The second-order valence-electron chi connectivity index (χ2n) is 4.64. The summed E-state index contributed by atoms with van der Waals surface area (Å²) in [5.41, 5.74) is 6.90. The molecule has 2 aromatic rings. The number of anilines is 1. The van der Waals surface area contributed by atoms with Gasteiger partial charge in [0.1, 0.15) is 11.4 Å². The van der Waals surface area contributed by atoms with Crippen molar-refractivity contribution < 1.29 is 9.53 Å². The third kappa shape index (κ3) is 3.41. The Morgan fingerprint density at radius 3 is 2.86 bits per heavy atom. The fourth-order valence-corrected chi connectivity index (χ4v) is 2.10. The summed E-state index contributed by atoms with van der Waals surface area (Å²) in [6.07, 6.45) is 2.33. The van der Waals surface area contributed by atoms with Crippen LogP contribution in [-0.4, -0.2) is 35.9 Å². The molecule has 0 unspecified atom stereocenters. The zero-order chi connectivity index (χ0) is 15.2. The lowest BCUT2D eigenvalue weighted by atomic mass is 10.2. The van der Waals surface area contributed by atoms with Crippen LogP contribution in [0.4, 0.5) is 5.69 Å². The summed E-state index contributed by atoms with van der Waals surface area (Å²) in [7, 11) is 3.35. The molecule has 21 heavy (non-hydrogen) atoms. The van der Waals surface area contributed by atoms with Crippen LogP contribution in [-0.2, 0) is 7.05 Å². The molecule has 0 bridgehead atoms. The van der Waals surface area contributed by atoms with E-state index in [2.05, 4.69) is 5.10 Å². The zero-order valence-electron chi connectivity index (χ0n) is 12.3. The number of carbonyl (C=O) groups is 1. The molecule has 0 aliphatic rings.